The molecule has 0 spiro atoms. The van der Waals surface area contributed by atoms with Crippen molar-refractivity contribution in [1.82, 2.24) is 0 Å². The van der Waals surface area contributed by atoms with Gasteiger partial charge in [-0.1, -0.05) is 72.8 Å². The lowest BCUT2D eigenvalue weighted by Gasteiger charge is -2.35. The Bertz CT molecular complexity index is 835. The average Bonchev–Trinajstić information content (AvgIpc) is 2.55. The van der Waals surface area contributed by atoms with Crippen LogP contribution in [0.2, 0.25) is 0 Å². The predicted molar refractivity (Wildman–Crippen MR) is 86.6 cm³/mol. The number of carbonyl (C=O) groups excluding carboxylic acids is 1. The first-order valence-electron chi connectivity index (χ1n) is 7.09. The maximum atomic E-state index is 12.7. The van der Waals surface area contributed by atoms with Gasteiger partial charge in [-0.05, 0) is 10.8 Å². The first kappa shape index (κ1) is 15.8. The molecule has 0 saturated carbocycles. The van der Waals surface area contributed by atoms with Gasteiger partial charge in [0.25, 0.3) is 0 Å². The lowest BCUT2D eigenvalue weighted by atomic mass is 9.97. The molecule has 1 atom stereocenters. The molecule has 0 aliphatic carbocycles. The summed E-state index contributed by atoms with van der Waals surface area (Å²) in [5, 5.41) is 1.44. The Kier molecular flexibility index (Phi) is 4.24. The van der Waals surface area contributed by atoms with E-state index < -0.39 is 19.4 Å². The quantitative estimate of drug-likeness (QED) is 0.589. The number of fused-ring (bicyclic) bond motifs is 1. The Morgan fingerprint density at radius 3 is 2.17 bits per heavy atom. The number of Topliss-reactive ketones (excluding diaryl/α,β-unsaturated/α-hetero) is 1. The van der Waals surface area contributed by atoms with Crippen LogP contribution in [0.4, 0.5) is 0 Å². The van der Waals surface area contributed by atoms with E-state index in [-0.39, 0.29) is 11.1 Å². The van der Waals surface area contributed by atoms with E-state index >= 15 is 0 Å². The minimum absolute atomic E-state index is 0.246. The van der Waals surface area contributed by atoms with Crippen LogP contribution in [0, 0.1) is 0 Å². The van der Waals surface area contributed by atoms with E-state index in [0.29, 0.717) is 5.39 Å². The summed E-state index contributed by atoms with van der Waals surface area (Å²) in [4.78, 5) is 46.3. The molecule has 23 heavy (non-hydrogen) atoms. The third kappa shape index (κ3) is 3.16. The molecule has 0 radical (unpaired) electrons. The molecular weight excluding hydrogens is 311 g/mol. The first-order chi connectivity index (χ1) is 11.0. The van der Waals surface area contributed by atoms with Gasteiger partial charge in [0.05, 0.1) is 7.94 Å². The van der Waals surface area contributed by atoms with Crippen LogP contribution < -0.4 is 9.79 Å². The predicted octanol–water partition coefficient (Wildman–Crippen LogP) is 2.24. The van der Waals surface area contributed by atoms with Crippen LogP contribution in [0.3, 0.4) is 0 Å². The molecule has 3 aromatic rings. The summed E-state index contributed by atoms with van der Waals surface area (Å²) in [6.07, 6.45) is 0. The number of rotatable bonds is 4. The van der Waals surface area contributed by atoms with Crippen molar-refractivity contribution in [3.63, 3.8) is 0 Å². The van der Waals surface area contributed by atoms with Gasteiger partial charge in [-0.15, -0.1) is 0 Å². The summed E-state index contributed by atoms with van der Waals surface area (Å²) in [5.41, 5.74) is -1.08. The van der Waals surface area contributed by atoms with Gasteiger partial charge in [-0.3, -0.25) is 9.69 Å². The minimum atomic E-state index is -4.92. The monoisotopic (exact) mass is 325 g/mol. The molecule has 3 rings (SSSR count). The zero-order valence-corrected chi connectivity index (χ0v) is 13.0. The van der Waals surface area contributed by atoms with Crippen LogP contribution in [-0.2, 0) is 0 Å². The Balaban J connectivity index is 2.19. The van der Waals surface area contributed by atoms with Gasteiger partial charge in [-0.2, -0.15) is 0 Å². The fraction of sp³-hybridized carbons (Fsp3) is 0.0556. The van der Waals surface area contributed by atoms with Crippen molar-refractivity contribution in [3.8, 4) is 0 Å². The molecule has 0 aromatic heterocycles. The standard InChI is InChI=1S/C18H15O4P/c19-17(14-8-2-1-3-9-14)18(23(20,21)22)16-12-6-10-13-7-4-5-11-15(13)16/h1-12,18H,(H2,20,21,22)/p-1. The summed E-state index contributed by atoms with van der Waals surface area (Å²) in [5.74, 6) is -0.636. The third-order valence-corrected chi connectivity index (χ3v) is 4.92. The second-order valence-corrected chi connectivity index (χ2v) is 6.91. The fourth-order valence-corrected chi connectivity index (χ4v) is 3.74. The second kappa shape index (κ2) is 6.19. The van der Waals surface area contributed by atoms with E-state index in [1.165, 1.54) is 12.1 Å². The van der Waals surface area contributed by atoms with Crippen LogP contribution in [0.15, 0.2) is 72.8 Å². The highest BCUT2D eigenvalue weighted by Crippen LogP contribution is 2.54. The summed E-state index contributed by atoms with van der Waals surface area (Å²) >= 11 is 0. The summed E-state index contributed by atoms with van der Waals surface area (Å²) in [6.45, 7) is 0. The zero-order valence-electron chi connectivity index (χ0n) is 12.1. The zero-order chi connectivity index (χ0) is 16.4. The number of hydrogen-bond donors (Lipinski definition) is 1. The molecule has 0 fully saturated rings. The van der Waals surface area contributed by atoms with E-state index in [1.54, 1.807) is 42.5 Å². The molecule has 3 aromatic carbocycles. The molecule has 0 aliphatic rings. The molecule has 0 saturated heterocycles. The van der Waals surface area contributed by atoms with E-state index in [2.05, 4.69) is 0 Å². The normalized spacial score (nSPS) is 13.0. The number of hydrogen-bond acceptors (Lipinski definition) is 4. The topological polar surface area (TPSA) is 83.4 Å². The van der Waals surface area contributed by atoms with Crippen molar-refractivity contribution in [3.05, 3.63) is 83.9 Å². The largest absolute Gasteiger partial charge is 0.659 e. The van der Waals surface area contributed by atoms with E-state index in [4.69, 9.17) is 0 Å². The summed E-state index contributed by atoms with van der Waals surface area (Å²) in [7, 11) is -4.92. The van der Waals surface area contributed by atoms with Crippen molar-refractivity contribution < 1.29 is 19.5 Å². The van der Waals surface area contributed by atoms with Crippen molar-refractivity contribution in [2.24, 2.45) is 0 Å². The van der Waals surface area contributed by atoms with Gasteiger partial charge in [0.15, 0.2) is 5.66 Å². The van der Waals surface area contributed by atoms with E-state index in [1.807, 2.05) is 18.2 Å². The highest BCUT2D eigenvalue weighted by Gasteiger charge is 2.36. The molecule has 0 aliphatic heterocycles. The van der Waals surface area contributed by atoms with Crippen molar-refractivity contribution >= 4 is 24.5 Å². The molecule has 5 heteroatoms. The lowest BCUT2D eigenvalue weighted by molar-refractivity contribution is -0.333. The molecule has 1 unspecified atom stereocenters. The highest BCUT2D eigenvalue weighted by atomic mass is 31.2. The summed E-state index contributed by atoms with van der Waals surface area (Å²) in [6, 6.07) is 20.4. The van der Waals surface area contributed by atoms with Crippen molar-refractivity contribution in [2.45, 2.75) is 5.66 Å². The van der Waals surface area contributed by atoms with Crippen LogP contribution >= 0.6 is 7.94 Å². The van der Waals surface area contributed by atoms with Gasteiger partial charge >= 0.3 is 0 Å². The fourth-order valence-electron chi connectivity index (χ4n) is 2.71. The maximum absolute atomic E-state index is 12.7. The van der Waals surface area contributed by atoms with Crippen LogP contribution in [0.5, 0.6) is 0 Å². The first-order valence-corrected chi connectivity index (χ1v) is 8.73. The Hall–Kier alpha value is -2.10. The SMILES string of the molecule is O=C(c1ccccc1)C(c1cccc2ccccc12)[P+]([O-])([O-])O. The van der Waals surface area contributed by atoms with Crippen molar-refractivity contribution in [2.75, 3.05) is 0 Å². The van der Waals surface area contributed by atoms with Gasteiger partial charge in [0, 0.05) is 11.1 Å². The van der Waals surface area contributed by atoms with Crippen LogP contribution in [-0.4, -0.2) is 10.7 Å². The molecule has 116 valence electrons. The molecule has 0 heterocycles. The Morgan fingerprint density at radius 1 is 0.870 bits per heavy atom. The smallest absolute Gasteiger partial charge is 0.209 e. The Labute approximate surface area is 134 Å². The molecular formula is C18H14O4P-. The maximum Gasteiger partial charge on any atom is 0.209 e. The third-order valence-electron chi connectivity index (χ3n) is 3.75. The lowest BCUT2D eigenvalue weighted by Crippen LogP contribution is -2.31. The van der Waals surface area contributed by atoms with E-state index in [0.717, 1.165) is 5.39 Å². The van der Waals surface area contributed by atoms with Gasteiger partial charge in [-0.25, -0.2) is 0 Å². The number of ketones is 1. The Morgan fingerprint density at radius 2 is 1.48 bits per heavy atom. The molecule has 1 N–H and O–H groups in total. The minimum Gasteiger partial charge on any atom is -0.659 e. The van der Waals surface area contributed by atoms with Gasteiger partial charge in [0.2, 0.25) is 5.78 Å². The van der Waals surface area contributed by atoms with E-state index in [9.17, 15) is 19.5 Å². The second-order valence-electron chi connectivity index (χ2n) is 5.27. The van der Waals surface area contributed by atoms with Crippen molar-refractivity contribution in [1.29, 1.82) is 0 Å². The van der Waals surface area contributed by atoms with Gasteiger partial charge < -0.3 is 9.79 Å². The number of benzene rings is 3. The van der Waals surface area contributed by atoms with Crippen LogP contribution in [0.1, 0.15) is 21.6 Å². The molecule has 0 bridgehead atoms. The molecule has 0 amide bonds. The highest BCUT2D eigenvalue weighted by molar-refractivity contribution is 7.57. The number of carbonyl (C=O) groups is 1. The van der Waals surface area contributed by atoms with Gasteiger partial charge in [0.1, 0.15) is 0 Å². The average molecular weight is 325 g/mol. The van der Waals surface area contributed by atoms with Crippen LogP contribution in [0.25, 0.3) is 10.8 Å². The summed E-state index contributed by atoms with van der Waals surface area (Å²) < 4.78 is 0. The molecule has 4 nitrogen and oxygen atoms in total.